The van der Waals surface area contributed by atoms with Crippen molar-refractivity contribution in [3.63, 3.8) is 0 Å². The third-order valence-corrected chi connectivity index (χ3v) is 4.02. The van der Waals surface area contributed by atoms with Gasteiger partial charge in [-0.1, -0.05) is 33.6 Å². The fourth-order valence-electron chi connectivity index (χ4n) is 1.98. The van der Waals surface area contributed by atoms with E-state index in [1.807, 2.05) is 25.1 Å². The van der Waals surface area contributed by atoms with E-state index in [0.717, 1.165) is 27.9 Å². The first-order chi connectivity index (χ1) is 6.58. The quantitative estimate of drug-likeness (QED) is 0.876. The standard InChI is InChI=1S/C11H12BrClO/c1-7(14)11(5-6-11)10-8(12)3-2-4-9(10)13/h2-4,7,14H,5-6H2,1H3. The molecular formula is C11H12BrClO. The number of benzene rings is 1. The number of rotatable bonds is 2. The molecular weight excluding hydrogens is 263 g/mol. The van der Waals surface area contributed by atoms with E-state index >= 15 is 0 Å². The largest absolute Gasteiger partial charge is 0.392 e. The maximum absolute atomic E-state index is 9.77. The van der Waals surface area contributed by atoms with E-state index in [9.17, 15) is 5.11 Å². The summed E-state index contributed by atoms with van der Waals surface area (Å²) in [6, 6.07) is 5.77. The Labute approximate surface area is 97.2 Å². The minimum absolute atomic E-state index is 0.100. The minimum Gasteiger partial charge on any atom is -0.392 e. The van der Waals surface area contributed by atoms with Crippen LogP contribution in [0.4, 0.5) is 0 Å². The Morgan fingerprint density at radius 1 is 1.50 bits per heavy atom. The summed E-state index contributed by atoms with van der Waals surface area (Å²) >= 11 is 9.65. The van der Waals surface area contributed by atoms with Gasteiger partial charge in [0.25, 0.3) is 0 Å². The molecule has 1 aromatic carbocycles. The smallest absolute Gasteiger partial charge is 0.0609 e. The molecule has 14 heavy (non-hydrogen) atoms. The molecule has 1 aliphatic carbocycles. The Hall–Kier alpha value is -0.0500. The van der Waals surface area contributed by atoms with Crippen LogP contribution in [0.25, 0.3) is 0 Å². The molecule has 0 bridgehead atoms. The fraction of sp³-hybridized carbons (Fsp3) is 0.455. The molecule has 1 saturated carbocycles. The van der Waals surface area contributed by atoms with Crippen LogP contribution in [-0.2, 0) is 5.41 Å². The highest BCUT2D eigenvalue weighted by Crippen LogP contribution is 2.55. The van der Waals surface area contributed by atoms with E-state index < -0.39 is 0 Å². The van der Waals surface area contributed by atoms with Gasteiger partial charge in [0.2, 0.25) is 0 Å². The van der Waals surface area contributed by atoms with Gasteiger partial charge in [0.05, 0.1) is 6.10 Å². The van der Waals surface area contributed by atoms with E-state index in [2.05, 4.69) is 15.9 Å². The number of aliphatic hydroxyl groups is 1. The maximum atomic E-state index is 9.77. The van der Waals surface area contributed by atoms with Gasteiger partial charge in [0.1, 0.15) is 0 Å². The average molecular weight is 276 g/mol. The fourth-order valence-corrected chi connectivity index (χ4v) is 3.22. The maximum Gasteiger partial charge on any atom is 0.0609 e. The Bertz CT molecular complexity index is 338. The van der Waals surface area contributed by atoms with Crippen LogP contribution in [0.5, 0.6) is 0 Å². The molecule has 1 N–H and O–H groups in total. The summed E-state index contributed by atoms with van der Waals surface area (Å²) < 4.78 is 1.00. The molecule has 1 aromatic rings. The highest BCUT2D eigenvalue weighted by molar-refractivity contribution is 9.10. The molecule has 0 saturated heterocycles. The third kappa shape index (κ3) is 1.50. The van der Waals surface area contributed by atoms with Crippen molar-refractivity contribution in [2.75, 3.05) is 0 Å². The van der Waals surface area contributed by atoms with Crippen molar-refractivity contribution in [2.45, 2.75) is 31.3 Å². The molecule has 0 aliphatic heterocycles. The highest BCUT2D eigenvalue weighted by atomic mass is 79.9. The van der Waals surface area contributed by atoms with Crippen LogP contribution < -0.4 is 0 Å². The van der Waals surface area contributed by atoms with Crippen LogP contribution in [0, 0.1) is 0 Å². The molecule has 0 spiro atoms. The molecule has 1 fully saturated rings. The van der Waals surface area contributed by atoms with Crippen molar-refractivity contribution in [1.82, 2.24) is 0 Å². The Morgan fingerprint density at radius 3 is 2.57 bits per heavy atom. The van der Waals surface area contributed by atoms with E-state index in [1.54, 1.807) is 0 Å². The van der Waals surface area contributed by atoms with Gasteiger partial charge < -0.3 is 5.11 Å². The van der Waals surface area contributed by atoms with Gasteiger partial charge in [-0.3, -0.25) is 0 Å². The molecule has 0 aromatic heterocycles. The topological polar surface area (TPSA) is 20.2 Å². The second-order valence-corrected chi connectivity index (χ2v) is 5.19. The summed E-state index contributed by atoms with van der Waals surface area (Å²) in [5, 5.41) is 10.5. The zero-order chi connectivity index (χ0) is 10.3. The van der Waals surface area contributed by atoms with Crippen LogP contribution in [0.15, 0.2) is 22.7 Å². The molecule has 76 valence electrons. The monoisotopic (exact) mass is 274 g/mol. The summed E-state index contributed by atoms with van der Waals surface area (Å²) in [6.45, 7) is 1.84. The first-order valence-electron chi connectivity index (χ1n) is 4.70. The van der Waals surface area contributed by atoms with Gasteiger partial charge in [-0.15, -0.1) is 0 Å². The van der Waals surface area contributed by atoms with Crippen molar-refractivity contribution in [3.8, 4) is 0 Å². The van der Waals surface area contributed by atoms with Crippen molar-refractivity contribution in [1.29, 1.82) is 0 Å². The van der Waals surface area contributed by atoms with Crippen molar-refractivity contribution < 1.29 is 5.11 Å². The van der Waals surface area contributed by atoms with Gasteiger partial charge in [-0.2, -0.15) is 0 Å². The number of aliphatic hydroxyl groups excluding tert-OH is 1. The number of halogens is 2. The van der Waals surface area contributed by atoms with E-state index in [0.29, 0.717) is 0 Å². The summed E-state index contributed by atoms with van der Waals surface area (Å²) in [5.41, 5.74) is 0.966. The molecule has 1 aliphatic rings. The second kappa shape index (κ2) is 3.51. The lowest BCUT2D eigenvalue weighted by Gasteiger charge is -2.21. The van der Waals surface area contributed by atoms with E-state index in [-0.39, 0.29) is 11.5 Å². The predicted octanol–water partition coefficient (Wildman–Crippen LogP) is 3.51. The third-order valence-electron chi connectivity index (χ3n) is 3.05. The lowest BCUT2D eigenvalue weighted by Crippen LogP contribution is -2.23. The second-order valence-electron chi connectivity index (χ2n) is 3.93. The van der Waals surface area contributed by atoms with Crippen LogP contribution in [0.1, 0.15) is 25.3 Å². The van der Waals surface area contributed by atoms with E-state index in [1.165, 1.54) is 0 Å². The van der Waals surface area contributed by atoms with Crippen molar-refractivity contribution in [3.05, 3.63) is 33.3 Å². The Kier molecular flexibility index (Phi) is 2.63. The van der Waals surface area contributed by atoms with Crippen molar-refractivity contribution in [2.24, 2.45) is 0 Å². The summed E-state index contributed by atoms with van der Waals surface area (Å²) in [4.78, 5) is 0. The molecule has 1 atom stereocenters. The number of hydrogen-bond donors (Lipinski definition) is 1. The zero-order valence-corrected chi connectivity index (χ0v) is 10.3. The minimum atomic E-state index is -0.335. The average Bonchev–Trinajstić information content (AvgIpc) is 2.85. The van der Waals surface area contributed by atoms with Gasteiger partial charge in [-0.25, -0.2) is 0 Å². The van der Waals surface area contributed by atoms with Gasteiger partial charge in [0, 0.05) is 14.9 Å². The lowest BCUT2D eigenvalue weighted by molar-refractivity contribution is 0.150. The first kappa shape index (κ1) is 10.5. The summed E-state index contributed by atoms with van der Waals surface area (Å²) in [7, 11) is 0. The highest BCUT2D eigenvalue weighted by Gasteiger charge is 2.50. The molecule has 2 rings (SSSR count). The van der Waals surface area contributed by atoms with Gasteiger partial charge in [-0.05, 0) is 37.5 Å². The SMILES string of the molecule is CC(O)C1(c2c(Cl)cccc2Br)CC1. The van der Waals surface area contributed by atoms with Crippen LogP contribution in [0.3, 0.4) is 0 Å². The predicted molar refractivity (Wildman–Crippen MR) is 61.7 cm³/mol. The van der Waals surface area contributed by atoms with Gasteiger partial charge in [0.15, 0.2) is 0 Å². The van der Waals surface area contributed by atoms with Crippen LogP contribution in [0.2, 0.25) is 5.02 Å². The molecule has 0 amide bonds. The lowest BCUT2D eigenvalue weighted by atomic mass is 9.91. The van der Waals surface area contributed by atoms with E-state index in [4.69, 9.17) is 11.6 Å². The Balaban J connectivity index is 2.51. The molecule has 0 radical (unpaired) electrons. The molecule has 0 heterocycles. The first-order valence-corrected chi connectivity index (χ1v) is 5.87. The molecule has 1 unspecified atom stereocenters. The summed E-state index contributed by atoms with van der Waals surface area (Å²) in [5.74, 6) is 0. The zero-order valence-electron chi connectivity index (χ0n) is 7.93. The van der Waals surface area contributed by atoms with Gasteiger partial charge >= 0.3 is 0 Å². The molecule has 3 heteroatoms. The van der Waals surface area contributed by atoms with Crippen molar-refractivity contribution >= 4 is 27.5 Å². The van der Waals surface area contributed by atoms with Crippen LogP contribution >= 0.6 is 27.5 Å². The molecule has 1 nitrogen and oxygen atoms in total. The van der Waals surface area contributed by atoms with Crippen LogP contribution in [-0.4, -0.2) is 11.2 Å². The Morgan fingerprint density at radius 2 is 2.14 bits per heavy atom. The number of hydrogen-bond acceptors (Lipinski definition) is 1. The normalized spacial score (nSPS) is 20.6. The summed E-state index contributed by atoms with van der Waals surface area (Å²) in [6.07, 6.45) is 1.71.